The summed E-state index contributed by atoms with van der Waals surface area (Å²) in [5.41, 5.74) is 3.29. The van der Waals surface area contributed by atoms with Crippen LogP contribution in [0.3, 0.4) is 0 Å². The number of allylic oxidation sites excluding steroid dienone is 8. The van der Waals surface area contributed by atoms with E-state index in [1.165, 1.54) is 68.9 Å². The van der Waals surface area contributed by atoms with Gasteiger partial charge in [0.15, 0.2) is 0 Å². The predicted molar refractivity (Wildman–Crippen MR) is 138 cm³/mol. The maximum Gasteiger partial charge on any atom is -0.0153 e. The van der Waals surface area contributed by atoms with Crippen molar-refractivity contribution in [1.29, 1.82) is 0 Å². The summed E-state index contributed by atoms with van der Waals surface area (Å²) >= 11 is 0. The quantitative estimate of drug-likeness (QED) is 0.221. The molecule has 0 heterocycles. The molecule has 0 nitrogen and oxygen atoms in total. The van der Waals surface area contributed by atoms with Gasteiger partial charge in [-0.15, -0.1) is 0 Å². The molecule has 1 aliphatic rings. The van der Waals surface area contributed by atoms with Crippen molar-refractivity contribution in [2.24, 2.45) is 29.1 Å². The molecule has 1 fully saturated rings. The van der Waals surface area contributed by atoms with Gasteiger partial charge in [0.05, 0.1) is 0 Å². The average molecular weight is 413 g/mol. The zero-order valence-corrected chi connectivity index (χ0v) is 21.6. The van der Waals surface area contributed by atoms with E-state index in [0.717, 1.165) is 17.8 Å². The van der Waals surface area contributed by atoms with Crippen LogP contribution in [-0.2, 0) is 0 Å². The molecular weight excluding hydrogens is 360 g/mol. The Labute approximate surface area is 190 Å². The third-order valence-corrected chi connectivity index (χ3v) is 7.16. The summed E-state index contributed by atoms with van der Waals surface area (Å²) in [5.74, 6) is 3.09. The summed E-state index contributed by atoms with van der Waals surface area (Å²) in [6, 6.07) is 0. The van der Waals surface area contributed by atoms with Crippen LogP contribution >= 0.6 is 0 Å². The van der Waals surface area contributed by atoms with E-state index in [1.807, 2.05) is 0 Å². The molecule has 0 radical (unpaired) electrons. The largest absolute Gasteiger partial charge is 0.0817 e. The lowest BCUT2D eigenvalue weighted by atomic mass is 9.64. The smallest absolute Gasteiger partial charge is 0.0153 e. The SMILES string of the molecule is CC(C)=C/C=C/C(C)CCCCC(C)CC/C=C(C)/C=C/C1C(C)CCCC1(C)C. The van der Waals surface area contributed by atoms with Crippen LogP contribution in [0.2, 0.25) is 0 Å². The molecule has 1 aliphatic carbocycles. The van der Waals surface area contributed by atoms with Gasteiger partial charge in [0.2, 0.25) is 0 Å². The van der Waals surface area contributed by atoms with Crippen molar-refractivity contribution in [2.45, 2.75) is 113 Å². The van der Waals surface area contributed by atoms with Crippen molar-refractivity contribution < 1.29 is 0 Å². The summed E-state index contributed by atoms with van der Waals surface area (Å²) in [7, 11) is 0. The van der Waals surface area contributed by atoms with Crippen LogP contribution in [-0.4, -0.2) is 0 Å². The van der Waals surface area contributed by atoms with Crippen molar-refractivity contribution in [3.63, 3.8) is 0 Å². The highest BCUT2D eigenvalue weighted by molar-refractivity contribution is 5.18. The minimum atomic E-state index is 0.460. The summed E-state index contributed by atoms with van der Waals surface area (Å²) in [6.45, 7) is 18.7. The van der Waals surface area contributed by atoms with Gasteiger partial charge in [-0.05, 0) is 75.5 Å². The first-order valence-corrected chi connectivity index (χ1v) is 12.8. The Morgan fingerprint density at radius 3 is 2.40 bits per heavy atom. The lowest BCUT2D eigenvalue weighted by molar-refractivity contribution is 0.123. The first-order valence-electron chi connectivity index (χ1n) is 12.8. The molecule has 0 amide bonds. The molecule has 1 rings (SSSR count). The molecule has 0 spiro atoms. The van der Waals surface area contributed by atoms with E-state index in [9.17, 15) is 0 Å². The Morgan fingerprint density at radius 1 is 1.03 bits per heavy atom. The van der Waals surface area contributed by atoms with Crippen LogP contribution < -0.4 is 0 Å². The number of hydrogen-bond donors (Lipinski definition) is 0. The molecule has 0 bridgehead atoms. The second-order valence-corrected chi connectivity index (χ2v) is 11.3. The van der Waals surface area contributed by atoms with E-state index in [1.54, 1.807) is 0 Å². The Morgan fingerprint density at radius 2 is 1.73 bits per heavy atom. The van der Waals surface area contributed by atoms with Gasteiger partial charge in [0.25, 0.3) is 0 Å². The molecule has 172 valence electrons. The van der Waals surface area contributed by atoms with E-state index in [0.29, 0.717) is 11.3 Å². The second kappa shape index (κ2) is 14.1. The highest BCUT2D eigenvalue weighted by Gasteiger charge is 2.34. The summed E-state index contributed by atoms with van der Waals surface area (Å²) in [4.78, 5) is 0. The molecule has 0 saturated heterocycles. The fraction of sp³-hybridized carbons (Fsp3) is 0.733. The first-order chi connectivity index (χ1) is 14.1. The highest BCUT2D eigenvalue weighted by Crippen LogP contribution is 2.44. The van der Waals surface area contributed by atoms with E-state index >= 15 is 0 Å². The van der Waals surface area contributed by atoms with Crippen molar-refractivity contribution in [3.8, 4) is 0 Å². The summed E-state index contributed by atoms with van der Waals surface area (Å²) in [5, 5.41) is 0. The van der Waals surface area contributed by atoms with Gasteiger partial charge >= 0.3 is 0 Å². The molecule has 0 aromatic carbocycles. The van der Waals surface area contributed by atoms with Crippen LogP contribution in [0.15, 0.2) is 47.6 Å². The maximum absolute atomic E-state index is 2.52. The standard InChI is InChI=1S/C30H52/c1-24(2)14-11-17-25(3)15-9-10-16-26(4)18-12-19-27(5)21-22-29-28(6)20-13-23-30(29,7)8/h11,14,17,19,21-22,25-26,28-29H,9-10,12-13,15-16,18,20,23H2,1-8H3/b17-11+,22-21+,27-19+. The van der Waals surface area contributed by atoms with Gasteiger partial charge in [0, 0.05) is 0 Å². The van der Waals surface area contributed by atoms with Crippen molar-refractivity contribution >= 4 is 0 Å². The third kappa shape index (κ3) is 11.4. The lowest BCUT2D eigenvalue weighted by Crippen LogP contribution is -2.32. The van der Waals surface area contributed by atoms with Crippen molar-refractivity contribution in [2.75, 3.05) is 0 Å². The maximum atomic E-state index is 2.52. The Hall–Kier alpha value is -1.04. The van der Waals surface area contributed by atoms with Gasteiger partial charge in [-0.2, -0.15) is 0 Å². The van der Waals surface area contributed by atoms with Gasteiger partial charge in [0.1, 0.15) is 0 Å². The minimum Gasteiger partial charge on any atom is -0.0817 e. The number of hydrogen-bond acceptors (Lipinski definition) is 0. The predicted octanol–water partition coefficient (Wildman–Crippen LogP) is 10.1. The molecule has 30 heavy (non-hydrogen) atoms. The van der Waals surface area contributed by atoms with Gasteiger partial charge < -0.3 is 0 Å². The topological polar surface area (TPSA) is 0 Å². The lowest BCUT2D eigenvalue weighted by Gasteiger charge is -2.41. The highest BCUT2D eigenvalue weighted by atomic mass is 14.4. The average Bonchev–Trinajstić information content (AvgIpc) is 2.64. The fourth-order valence-corrected chi connectivity index (χ4v) is 5.00. The monoisotopic (exact) mass is 412 g/mol. The van der Waals surface area contributed by atoms with Crippen molar-refractivity contribution in [3.05, 3.63) is 47.6 Å². The van der Waals surface area contributed by atoms with E-state index in [4.69, 9.17) is 0 Å². The first kappa shape index (κ1) is 27.0. The summed E-state index contributed by atoms with van der Waals surface area (Å²) < 4.78 is 0. The van der Waals surface area contributed by atoms with Crippen molar-refractivity contribution in [1.82, 2.24) is 0 Å². The zero-order chi connectivity index (χ0) is 22.6. The second-order valence-electron chi connectivity index (χ2n) is 11.3. The van der Waals surface area contributed by atoms with Gasteiger partial charge in [-0.1, -0.05) is 114 Å². The van der Waals surface area contributed by atoms with E-state index < -0.39 is 0 Å². The summed E-state index contributed by atoms with van der Waals surface area (Å²) in [6.07, 6.45) is 26.3. The third-order valence-electron chi connectivity index (χ3n) is 7.16. The molecule has 0 aromatic rings. The van der Waals surface area contributed by atoms with Gasteiger partial charge in [-0.3, -0.25) is 0 Å². The van der Waals surface area contributed by atoms with Gasteiger partial charge in [-0.25, -0.2) is 0 Å². The minimum absolute atomic E-state index is 0.460. The number of rotatable bonds is 12. The van der Waals surface area contributed by atoms with Crippen LogP contribution in [0.1, 0.15) is 113 Å². The Balaban J connectivity index is 2.26. The number of unbranched alkanes of at least 4 members (excludes halogenated alkanes) is 1. The molecule has 0 N–H and O–H groups in total. The molecule has 0 heteroatoms. The fourth-order valence-electron chi connectivity index (χ4n) is 5.00. The Bertz CT molecular complexity index is 579. The zero-order valence-electron chi connectivity index (χ0n) is 21.6. The van der Waals surface area contributed by atoms with Crippen LogP contribution in [0, 0.1) is 29.1 Å². The molecular formula is C30H52. The molecule has 4 atom stereocenters. The van der Waals surface area contributed by atoms with Crippen LogP contribution in [0.25, 0.3) is 0 Å². The van der Waals surface area contributed by atoms with Crippen LogP contribution in [0.5, 0.6) is 0 Å². The molecule has 4 unspecified atom stereocenters. The molecule has 0 aromatic heterocycles. The Kier molecular flexibility index (Phi) is 12.7. The van der Waals surface area contributed by atoms with E-state index in [2.05, 4.69) is 91.8 Å². The molecule has 0 aliphatic heterocycles. The van der Waals surface area contributed by atoms with E-state index in [-0.39, 0.29) is 0 Å². The molecule has 1 saturated carbocycles. The normalized spacial score (nSPS) is 24.3. The van der Waals surface area contributed by atoms with Crippen LogP contribution in [0.4, 0.5) is 0 Å².